The van der Waals surface area contributed by atoms with Crippen molar-refractivity contribution in [2.45, 2.75) is 45.4 Å². The quantitative estimate of drug-likeness (QED) is 0.866. The maximum absolute atomic E-state index is 13.0. The second-order valence-electron chi connectivity index (χ2n) is 7.33. The number of aromatic nitrogens is 5. The van der Waals surface area contributed by atoms with Crippen LogP contribution < -0.4 is 5.73 Å². The lowest BCUT2D eigenvalue weighted by Crippen LogP contribution is -2.50. The zero-order valence-corrected chi connectivity index (χ0v) is 15.0. The smallest absolute Gasteiger partial charge is 0.272 e. The van der Waals surface area contributed by atoms with Crippen LogP contribution in [-0.2, 0) is 17.8 Å². The van der Waals surface area contributed by atoms with Gasteiger partial charge in [0.2, 0.25) is 5.95 Å². The molecule has 1 saturated heterocycles. The van der Waals surface area contributed by atoms with E-state index in [1.807, 2.05) is 4.68 Å². The molecule has 1 fully saturated rings. The molecule has 1 amide bonds. The Morgan fingerprint density at radius 3 is 3.08 bits per heavy atom. The van der Waals surface area contributed by atoms with Crippen molar-refractivity contribution >= 4 is 11.9 Å². The van der Waals surface area contributed by atoms with E-state index in [0.29, 0.717) is 31.3 Å². The van der Waals surface area contributed by atoms with Gasteiger partial charge in [-0.3, -0.25) is 4.79 Å². The molecule has 2 aromatic heterocycles. The van der Waals surface area contributed by atoms with Crippen LogP contribution in [0.15, 0.2) is 12.3 Å². The van der Waals surface area contributed by atoms with Crippen LogP contribution in [0, 0.1) is 5.92 Å². The normalized spacial score (nSPS) is 22.2. The molecule has 0 aromatic carbocycles. The minimum atomic E-state index is -0.130. The first kappa shape index (κ1) is 16.9. The number of carbonyl (C=O) groups is 1. The van der Waals surface area contributed by atoms with Crippen LogP contribution in [0.4, 0.5) is 5.95 Å². The molecule has 9 heteroatoms. The standard InChI is InChI=1S/C17H23N7O2/c1-10(2)5-11-6-13(21-17(18)20-11)16(25)23-4-3-15-14(8-23)24-12(9-26-15)7-19-22-24/h6-7,10,14-15H,3-5,8-9H2,1-2H3,(H2,18,20,21)/t14-,15-/m0/s1. The number of rotatable bonds is 3. The Morgan fingerprint density at radius 1 is 1.42 bits per heavy atom. The first-order valence-electron chi connectivity index (χ1n) is 8.94. The molecule has 2 aliphatic rings. The predicted molar refractivity (Wildman–Crippen MR) is 93.1 cm³/mol. The number of nitrogens with two attached hydrogens (primary N) is 1. The molecule has 0 radical (unpaired) electrons. The van der Waals surface area contributed by atoms with Crippen LogP contribution in [0.1, 0.15) is 48.2 Å². The maximum atomic E-state index is 13.0. The van der Waals surface area contributed by atoms with Gasteiger partial charge in [0.25, 0.3) is 5.91 Å². The number of nitrogen functional groups attached to an aromatic ring is 1. The zero-order valence-electron chi connectivity index (χ0n) is 15.0. The highest BCUT2D eigenvalue weighted by molar-refractivity contribution is 5.92. The fourth-order valence-electron chi connectivity index (χ4n) is 3.68. The number of hydrogen-bond acceptors (Lipinski definition) is 7. The largest absolute Gasteiger partial charge is 0.370 e. The Morgan fingerprint density at radius 2 is 2.27 bits per heavy atom. The number of amides is 1. The monoisotopic (exact) mass is 357 g/mol. The lowest BCUT2D eigenvalue weighted by molar-refractivity contribution is -0.0605. The van der Waals surface area contributed by atoms with E-state index in [4.69, 9.17) is 10.5 Å². The van der Waals surface area contributed by atoms with Crippen LogP contribution in [-0.4, -0.2) is 55.0 Å². The Balaban J connectivity index is 1.55. The fraction of sp³-hybridized carbons (Fsp3) is 0.588. The molecule has 0 saturated carbocycles. The summed E-state index contributed by atoms with van der Waals surface area (Å²) in [7, 11) is 0. The number of hydrogen-bond donors (Lipinski definition) is 1. The Hall–Kier alpha value is -2.55. The Kier molecular flexibility index (Phi) is 4.31. The van der Waals surface area contributed by atoms with Crippen molar-refractivity contribution in [1.82, 2.24) is 29.9 Å². The average molecular weight is 357 g/mol. The maximum Gasteiger partial charge on any atom is 0.272 e. The second-order valence-corrected chi connectivity index (χ2v) is 7.33. The zero-order chi connectivity index (χ0) is 18.3. The molecule has 0 aliphatic carbocycles. The number of ether oxygens (including phenoxy) is 1. The number of carbonyl (C=O) groups excluding carboxylic acids is 1. The van der Waals surface area contributed by atoms with Gasteiger partial charge in [0.05, 0.1) is 30.6 Å². The minimum Gasteiger partial charge on any atom is -0.370 e. The molecule has 4 rings (SSSR count). The third kappa shape index (κ3) is 3.14. The van der Waals surface area contributed by atoms with Gasteiger partial charge in [-0.1, -0.05) is 19.1 Å². The number of nitrogens with zero attached hydrogens (tertiary/aromatic N) is 6. The van der Waals surface area contributed by atoms with Crippen molar-refractivity contribution in [1.29, 1.82) is 0 Å². The summed E-state index contributed by atoms with van der Waals surface area (Å²) in [5.41, 5.74) is 7.90. The van der Waals surface area contributed by atoms with Gasteiger partial charge in [-0.2, -0.15) is 0 Å². The van der Waals surface area contributed by atoms with Crippen molar-refractivity contribution in [3.63, 3.8) is 0 Å². The summed E-state index contributed by atoms with van der Waals surface area (Å²) in [5, 5.41) is 8.14. The van der Waals surface area contributed by atoms with Gasteiger partial charge in [-0.05, 0) is 24.8 Å². The van der Waals surface area contributed by atoms with E-state index in [9.17, 15) is 4.79 Å². The highest BCUT2D eigenvalue weighted by Gasteiger charge is 2.38. The number of likely N-dealkylation sites (tertiary alicyclic amines) is 1. The molecular formula is C17H23N7O2. The summed E-state index contributed by atoms with van der Waals surface area (Å²) in [4.78, 5) is 23.2. The SMILES string of the molecule is CC(C)Cc1cc(C(=O)N2CC[C@@H]3OCc4cnnn4[C@H]3C2)nc(N)n1. The molecule has 2 N–H and O–H groups in total. The van der Waals surface area contributed by atoms with Gasteiger partial charge >= 0.3 is 0 Å². The number of fused-ring (bicyclic) bond motifs is 3. The van der Waals surface area contributed by atoms with Crippen LogP contribution in [0.25, 0.3) is 0 Å². The van der Waals surface area contributed by atoms with E-state index >= 15 is 0 Å². The summed E-state index contributed by atoms with van der Waals surface area (Å²) >= 11 is 0. The second kappa shape index (κ2) is 6.64. The molecule has 9 nitrogen and oxygen atoms in total. The molecular weight excluding hydrogens is 334 g/mol. The lowest BCUT2D eigenvalue weighted by Gasteiger charge is -2.40. The highest BCUT2D eigenvalue weighted by atomic mass is 16.5. The summed E-state index contributed by atoms with van der Waals surface area (Å²) in [6.07, 6.45) is 3.28. The van der Waals surface area contributed by atoms with Crippen molar-refractivity contribution < 1.29 is 9.53 Å². The molecule has 138 valence electrons. The summed E-state index contributed by atoms with van der Waals surface area (Å²) < 4.78 is 7.78. The molecule has 0 spiro atoms. The van der Waals surface area contributed by atoms with E-state index in [1.165, 1.54) is 0 Å². The first-order valence-corrected chi connectivity index (χ1v) is 8.94. The van der Waals surface area contributed by atoms with Crippen LogP contribution >= 0.6 is 0 Å². The van der Waals surface area contributed by atoms with E-state index in [-0.39, 0.29) is 24.0 Å². The Bertz CT molecular complexity index is 819. The molecule has 0 bridgehead atoms. The summed E-state index contributed by atoms with van der Waals surface area (Å²) in [5.74, 6) is 0.434. The van der Waals surface area contributed by atoms with Crippen molar-refractivity contribution in [3.8, 4) is 0 Å². The fourth-order valence-corrected chi connectivity index (χ4v) is 3.68. The van der Waals surface area contributed by atoms with E-state index in [0.717, 1.165) is 24.2 Å². The third-order valence-corrected chi connectivity index (χ3v) is 4.85. The highest BCUT2D eigenvalue weighted by Crippen LogP contribution is 2.30. The third-order valence-electron chi connectivity index (χ3n) is 4.85. The Labute approximate surface area is 151 Å². The van der Waals surface area contributed by atoms with Gasteiger partial charge in [0, 0.05) is 18.8 Å². The molecule has 2 atom stereocenters. The molecule has 4 heterocycles. The van der Waals surface area contributed by atoms with Crippen molar-refractivity contribution in [2.75, 3.05) is 18.8 Å². The number of piperidine rings is 1. The van der Waals surface area contributed by atoms with Gasteiger partial charge < -0.3 is 15.4 Å². The first-order chi connectivity index (χ1) is 12.5. The van der Waals surface area contributed by atoms with Gasteiger partial charge in [0.15, 0.2) is 0 Å². The topological polar surface area (TPSA) is 112 Å². The van der Waals surface area contributed by atoms with Crippen molar-refractivity contribution in [3.05, 3.63) is 29.3 Å². The van der Waals surface area contributed by atoms with Gasteiger partial charge in [0.1, 0.15) is 5.69 Å². The van der Waals surface area contributed by atoms with E-state index in [2.05, 4.69) is 34.1 Å². The van der Waals surface area contributed by atoms with Crippen molar-refractivity contribution in [2.24, 2.45) is 5.92 Å². The van der Waals surface area contributed by atoms with E-state index in [1.54, 1.807) is 17.2 Å². The van der Waals surface area contributed by atoms with Gasteiger partial charge in [-0.15, -0.1) is 5.10 Å². The van der Waals surface area contributed by atoms with E-state index < -0.39 is 0 Å². The molecule has 2 aliphatic heterocycles. The molecule has 0 unspecified atom stereocenters. The summed E-state index contributed by atoms with van der Waals surface area (Å²) in [6, 6.07) is 1.73. The van der Waals surface area contributed by atoms with Crippen LogP contribution in [0.2, 0.25) is 0 Å². The van der Waals surface area contributed by atoms with Gasteiger partial charge in [-0.25, -0.2) is 14.6 Å². The van der Waals surface area contributed by atoms with Crippen LogP contribution in [0.3, 0.4) is 0 Å². The predicted octanol–water partition coefficient (Wildman–Crippen LogP) is 0.835. The lowest BCUT2D eigenvalue weighted by atomic mass is 10.00. The minimum absolute atomic E-state index is 0.0201. The average Bonchev–Trinajstić information content (AvgIpc) is 3.08. The summed E-state index contributed by atoms with van der Waals surface area (Å²) in [6.45, 7) is 5.85. The molecule has 26 heavy (non-hydrogen) atoms. The number of anilines is 1. The molecule has 2 aromatic rings. The van der Waals surface area contributed by atoms with Crippen LogP contribution in [0.5, 0.6) is 0 Å².